The van der Waals surface area contributed by atoms with Crippen LogP contribution in [0.4, 0.5) is 0 Å². The summed E-state index contributed by atoms with van der Waals surface area (Å²) in [6.07, 6.45) is 9.28. The first-order chi connectivity index (χ1) is 15.4. The number of aryl methyl sites for hydroxylation is 3. The van der Waals surface area contributed by atoms with E-state index in [1.165, 1.54) is 36.0 Å². The van der Waals surface area contributed by atoms with Crippen LogP contribution in [0.25, 0.3) is 0 Å². The van der Waals surface area contributed by atoms with Gasteiger partial charge in [0.15, 0.2) is 5.82 Å². The van der Waals surface area contributed by atoms with E-state index >= 15 is 0 Å². The summed E-state index contributed by atoms with van der Waals surface area (Å²) in [7, 11) is 0. The van der Waals surface area contributed by atoms with E-state index in [9.17, 15) is 4.79 Å². The number of likely N-dealkylation sites (tertiary alicyclic amines) is 1. The summed E-state index contributed by atoms with van der Waals surface area (Å²) in [4.78, 5) is 21.0. The monoisotopic (exact) mass is 432 g/mol. The van der Waals surface area contributed by atoms with Gasteiger partial charge in [0.2, 0.25) is 5.91 Å². The third kappa shape index (κ3) is 3.14. The van der Waals surface area contributed by atoms with Gasteiger partial charge in [-0.15, -0.1) is 0 Å². The van der Waals surface area contributed by atoms with Crippen molar-refractivity contribution < 1.29 is 4.79 Å². The Hall–Kier alpha value is -2.17. The Morgan fingerprint density at radius 2 is 1.88 bits per heavy atom. The van der Waals surface area contributed by atoms with Crippen molar-refractivity contribution in [2.24, 2.45) is 17.3 Å². The summed E-state index contributed by atoms with van der Waals surface area (Å²) in [6.45, 7) is 8.06. The van der Waals surface area contributed by atoms with Gasteiger partial charge in [-0.1, -0.05) is 18.2 Å². The molecule has 1 saturated heterocycles. The first-order valence-electron chi connectivity index (χ1n) is 12.6. The second kappa shape index (κ2) is 7.16. The van der Waals surface area contributed by atoms with Crippen LogP contribution in [0.1, 0.15) is 85.6 Å². The maximum Gasteiger partial charge on any atom is 0.228 e. The van der Waals surface area contributed by atoms with Gasteiger partial charge in [0, 0.05) is 19.0 Å². The van der Waals surface area contributed by atoms with E-state index in [0.717, 1.165) is 56.8 Å². The zero-order valence-electron chi connectivity index (χ0n) is 19.8. The number of aromatic nitrogens is 3. The molecule has 4 saturated carbocycles. The van der Waals surface area contributed by atoms with E-state index in [2.05, 4.69) is 52.1 Å². The van der Waals surface area contributed by atoms with Crippen LogP contribution in [0, 0.1) is 38.0 Å². The largest absolute Gasteiger partial charge is 0.341 e. The van der Waals surface area contributed by atoms with Crippen molar-refractivity contribution in [3.8, 4) is 0 Å². The molecule has 2 aromatic rings. The lowest BCUT2D eigenvalue weighted by molar-refractivity contribution is -0.161. The van der Waals surface area contributed by atoms with Crippen LogP contribution >= 0.6 is 0 Å². The number of piperidine rings is 1. The zero-order valence-corrected chi connectivity index (χ0v) is 19.8. The number of nitrogens with zero attached hydrogens (tertiary/aromatic N) is 3. The molecule has 1 amide bonds. The number of H-pyrrole nitrogens is 1. The third-order valence-corrected chi connectivity index (χ3v) is 9.32. The van der Waals surface area contributed by atoms with E-state index in [1.807, 2.05) is 6.92 Å². The number of nitrogens with one attached hydrogen (secondary N) is 1. The van der Waals surface area contributed by atoms with Crippen LogP contribution in [0.2, 0.25) is 0 Å². The van der Waals surface area contributed by atoms with Gasteiger partial charge in [-0.3, -0.25) is 9.89 Å². The highest BCUT2D eigenvalue weighted by Crippen LogP contribution is 2.66. The lowest BCUT2D eigenvalue weighted by atomic mass is 9.42. The quantitative estimate of drug-likeness (QED) is 0.744. The molecule has 1 N–H and O–H groups in total. The van der Waals surface area contributed by atoms with E-state index in [1.54, 1.807) is 0 Å². The highest BCUT2D eigenvalue weighted by molar-refractivity contribution is 5.84. The molecule has 4 bridgehead atoms. The maximum absolute atomic E-state index is 14.2. The third-order valence-electron chi connectivity index (χ3n) is 9.32. The van der Waals surface area contributed by atoms with Crippen LogP contribution in [-0.4, -0.2) is 39.1 Å². The van der Waals surface area contributed by atoms with Crippen molar-refractivity contribution in [1.82, 2.24) is 20.1 Å². The standard InChI is InChI=1S/C27H36N4O/c1-17-6-7-23(9-18(17)2)26-11-20-10-21(12-26)14-27(13-20,16-26)25(32)31-8-4-5-22(15-31)24-28-19(3)29-30-24/h6-7,9,20-22H,4-5,8,10-16H2,1-3H3,(H,28,29,30). The Labute approximate surface area is 191 Å². The Kier molecular flexibility index (Phi) is 4.58. The number of hydrogen-bond donors (Lipinski definition) is 1. The average Bonchev–Trinajstić information content (AvgIpc) is 3.20. The molecule has 2 heterocycles. The average molecular weight is 433 g/mol. The Balaban J connectivity index is 1.29. The van der Waals surface area contributed by atoms with Crippen LogP contribution in [-0.2, 0) is 10.2 Å². The molecule has 0 spiro atoms. The minimum Gasteiger partial charge on any atom is -0.341 e. The van der Waals surface area contributed by atoms with Gasteiger partial charge in [-0.05, 0) is 106 Å². The number of carbonyl (C=O) groups is 1. The number of hydrogen-bond acceptors (Lipinski definition) is 3. The second-order valence-corrected chi connectivity index (χ2v) is 11.7. The Bertz CT molecular complexity index is 1040. The Morgan fingerprint density at radius 3 is 2.56 bits per heavy atom. The van der Waals surface area contributed by atoms with Gasteiger partial charge in [0.05, 0.1) is 5.41 Å². The molecule has 7 rings (SSSR count). The molecule has 3 unspecified atom stereocenters. The van der Waals surface area contributed by atoms with Crippen LogP contribution in [0.15, 0.2) is 18.2 Å². The molecular weight excluding hydrogens is 396 g/mol. The van der Waals surface area contributed by atoms with Gasteiger partial charge >= 0.3 is 0 Å². The number of carbonyl (C=O) groups excluding carboxylic acids is 1. The zero-order chi connectivity index (χ0) is 22.1. The fourth-order valence-electron chi connectivity index (χ4n) is 8.17. The van der Waals surface area contributed by atoms with Crippen molar-refractivity contribution >= 4 is 5.91 Å². The highest BCUT2D eigenvalue weighted by atomic mass is 16.2. The summed E-state index contributed by atoms with van der Waals surface area (Å²) < 4.78 is 0. The van der Waals surface area contributed by atoms with E-state index in [4.69, 9.17) is 0 Å². The molecule has 0 radical (unpaired) electrons. The van der Waals surface area contributed by atoms with Crippen molar-refractivity contribution in [2.45, 2.75) is 83.5 Å². The summed E-state index contributed by atoms with van der Waals surface area (Å²) in [5.74, 6) is 3.87. The summed E-state index contributed by atoms with van der Waals surface area (Å²) in [5, 5.41) is 7.40. The summed E-state index contributed by atoms with van der Waals surface area (Å²) >= 11 is 0. The van der Waals surface area contributed by atoms with Crippen molar-refractivity contribution in [3.05, 3.63) is 46.5 Å². The molecule has 1 aliphatic heterocycles. The van der Waals surface area contributed by atoms with E-state index in [-0.39, 0.29) is 16.7 Å². The first-order valence-corrected chi connectivity index (χ1v) is 12.6. The van der Waals surface area contributed by atoms with E-state index < -0.39 is 0 Å². The number of rotatable bonds is 3. The van der Waals surface area contributed by atoms with Gasteiger partial charge in [-0.25, -0.2) is 4.98 Å². The minimum absolute atomic E-state index is 0.153. The molecule has 5 nitrogen and oxygen atoms in total. The molecule has 5 fully saturated rings. The van der Waals surface area contributed by atoms with Crippen molar-refractivity contribution in [2.75, 3.05) is 13.1 Å². The molecule has 1 aromatic heterocycles. The highest BCUT2D eigenvalue weighted by Gasteiger charge is 2.61. The number of benzene rings is 1. The van der Waals surface area contributed by atoms with Gasteiger partial charge in [0.25, 0.3) is 0 Å². The molecular formula is C27H36N4O. The lowest BCUT2D eigenvalue weighted by Crippen LogP contribution is -2.60. The fraction of sp³-hybridized carbons (Fsp3) is 0.667. The number of aromatic amines is 1. The molecule has 5 aliphatic rings. The molecule has 4 aliphatic carbocycles. The smallest absolute Gasteiger partial charge is 0.228 e. The molecule has 32 heavy (non-hydrogen) atoms. The van der Waals surface area contributed by atoms with Gasteiger partial charge in [0.1, 0.15) is 5.82 Å². The van der Waals surface area contributed by atoms with Crippen molar-refractivity contribution in [3.63, 3.8) is 0 Å². The first kappa shape index (κ1) is 20.4. The molecule has 5 heteroatoms. The predicted octanol–water partition coefficient (Wildman–Crippen LogP) is 4.97. The van der Waals surface area contributed by atoms with Crippen LogP contribution < -0.4 is 0 Å². The number of amides is 1. The Morgan fingerprint density at radius 1 is 1.09 bits per heavy atom. The normalized spacial score (nSPS) is 36.0. The van der Waals surface area contributed by atoms with Gasteiger partial charge < -0.3 is 4.90 Å². The van der Waals surface area contributed by atoms with Gasteiger partial charge in [-0.2, -0.15) is 5.10 Å². The second-order valence-electron chi connectivity index (χ2n) is 11.7. The summed E-state index contributed by atoms with van der Waals surface area (Å²) in [5.41, 5.74) is 4.30. The lowest BCUT2D eigenvalue weighted by Gasteiger charge is -2.62. The van der Waals surface area contributed by atoms with Crippen LogP contribution in [0.3, 0.4) is 0 Å². The maximum atomic E-state index is 14.2. The predicted molar refractivity (Wildman–Crippen MR) is 124 cm³/mol. The molecule has 170 valence electrons. The SMILES string of the molecule is Cc1nc(C2CCCN(C(=O)C34CC5CC(C3)CC(c3ccc(C)c(C)c3)(C5)C4)C2)n[nH]1. The summed E-state index contributed by atoms with van der Waals surface area (Å²) in [6, 6.07) is 7.10. The topological polar surface area (TPSA) is 61.9 Å². The minimum atomic E-state index is -0.153. The molecule has 3 atom stereocenters. The van der Waals surface area contributed by atoms with Crippen LogP contribution in [0.5, 0.6) is 0 Å². The van der Waals surface area contributed by atoms with E-state index in [0.29, 0.717) is 17.7 Å². The molecule has 1 aromatic carbocycles. The fourth-order valence-corrected chi connectivity index (χ4v) is 8.17. The van der Waals surface area contributed by atoms with Crippen molar-refractivity contribution in [1.29, 1.82) is 0 Å².